The second-order valence-electron chi connectivity index (χ2n) is 9.73. The van der Waals surface area contributed by atoms with Crippen molar-refractivity contribution in [3.05, 3.63) is 88.5 Å². The smallest absolute Gasteiger partial charge is 0.273 e. The van der Waals surface area contributed by atoms with Crippen molar-refractivity contribution in [1.82, 2.24) is 15.1 Å². The van der Waals surface area contributed by atoms with Crippen LogP contribution >= 0.6 is 0 Å². The van der Waals surface area contributed by atoms with Crippen LogP contribution in [0.2, 0.25) is 0 Å². The lowest BCUT2D eigenvalue weighted by Gasteiger charge is -2.26. The van der Waals surface area contributed by atoms with E-state index in [1.165, 1.54) is 12.8 Å². The first-order valence-electron chi connectivity index (χ1n) is 12.9. The van der Waals surface area contributed by atoms with Gasteiger partial charge in [0.05, 0.1) is 25.5 Å². The zero-order valence-corrected chi connectivity index (χ0v) is 21.6. The molecule has 2 aromatic heterocycles. The fraction of sp³-hybridized carbons (Fsp3) is 0.333. The van der Waals surface area contributed by atoms with Crippen molar-refractivity contribution in [1.29, 1.82) is 0 Å². The lowest BCUT2D eigenvalue weighted by Crippen LogP contribution is -2.29. The summed E-state index contributed by atoms with van der Waals surface area (Å²) >= 11 is 0. The number of benzene rings is 2. The number of rotatable bonds is 10. The molecule has 0 spiro atoms. The number of ether oxygens (including phenoxy) is 1. The van der Waals surface area contributed by atoms with Gasteiger partial charge in [0.2, 0.25) is 0 Å². The molecular weight excluding hydrogens is 466 g/mol. The topological polar surface area (TPSA) is 91.6 Å². The van der Waals surface area contributed by atoms with Gasteiger partial charge in [0.1, 0.15) is 28.6 Å². The Morgan fingerprint density at radius 2 is 1.92 bits per heavy atom. The Balaban J connectivity index is 1.52. The maximum Gasteiger partial charge on any atom is 0.273 e. The van der Waals surface area contributed by atoms with Gasteiger partial charge in [-0.25, -0.2) is 0 Å². The zero-order chi connectivity index (χ0) is 25.9. The number of carbonyl (C=O) groups is 1. The number of H-pyrrole nitrogens is 1. The van der Waals surface area contributed by atoms with Crippen molar-refractivity contribution in [3.63, 3.8) is 0 Å². The average molecular weight is 500 g/mol. The monoisotopic (exact) mass is 499 g/mol. The van der Waals surface area contributed by atoms with E-state index in [9.17, 15) is 9.90 Å². The summed E-state index contributed by atoms with van der Waals surface area (Å²) in [5.41, 5.74) is 5.20. The summed E-state index contributed by atoms with van der Waals surface area (Å²) in [5.74, 6) is 1.49. The van der Waals surface area contributed by atoms with Crippen molar-refractivity contribution in [2.75, 3.05) is 6.61 Å². The highest BCUT2D eigenvalue weighted by atomic mass is 16.5. The number of phenolic OH excluding ortho intramolecular Hbond substituents is 1. The second kappa shape index (κ2) is 10.5. The largest absolute Gasteiger partial charge is 0.507 e. The van der Waals surface area contributed by atoms with Crippen molar-refractivity contribution in [3.8, 4) is 22.8 Å². The van der Waals surface area contributed by atoms with Crippen LogP contribution in [0, 0.1) is 13.8 Å². The highest BCUT2D eigenvalue weighted by Crippen LogP contribution is 2.46. The van der Waals surface area contributed by atoms with E-state index in [1.54, 1.807) is 17.2 Å². The van der Waals surface area contributed by atoms with Gasteiger partial charge in [-0.15, -0.1) is 0 Å². The molecule has 3 heterocycles. The van der Waals surface area contributed by atoms with E-state index in [-0.39, 0.29) is 11.7 Å². The van der Waals surface area contributed by atoms with Gasteiger partial charge < -0.3 is 19.2 Å². The maximum absolute atomic E-state index is 13.6. The third-order valence-electron chi connectivity index (χ3n) is 6.93. The number of aryl methyl sites for hydroxylation is 2. The number of phenols is 1. The molecule has 1 aliphatic rings. The Morgan fingerprint density at radius 1 is 1.11 bits per heavy atom. The van der Waals surface area contributed by atoms with Gasteiger partial charge in [0.25, 0.3) is 5.91 Å². The quantitative estimate of drug-likeness (QED) is 0.237. The van der Waals surface area contributed by atoms with Crippen LogP contribution in [0.25, 0.3) is 11.3 Å². The van der Waals surface area contributed by atoms with Gasteiger partial charge in [0, 0.05) is 11.1 Å². The number of hydrogen-bond donors (Lipinski definition) is 2. The minimum absolute atomic E-state index is 0.148. The Labute approximate surface area is 217 Å². The number of fused-ring (bicyclic) bond motifs is 1. The van der Waals surface area contributed by atoms with Crippen LogP contribution in [0.1, 0.15) is 77.2 Å². The SMILES string of the molecule is CCCCCCOc1ccc(C2c3c(-c4c(C)cc(C)cc4O)n[nH]c3C(=O)N2Cc2ccco2)cc1. The molecule has 0 radical (unpaired) electrons. The van der Waals surface area contributed by atoms with Gasteiger partial charge in [-0.1, -0.05) is 44.4 Å². The molecular formula is C30H33N3O4. The molecule has 5 rings (SSSR count). The summed E-state index contributed by atoms with van der Waals surface area (Å²) < 4.78 is 11.5. The first kappa shape index (κ1) is 24.7. The Morgan fingerprint density at radius 3 is 2.62 bits per heavy atom. The molecule has 1 aliphatic heterocycles. The molecule has 192 valence electrons. The molecule has 0 bridgehead atoms. The van der Waals surface area contributed by atoms with E-state index in [1.807, 2.05) is 56.3 Å². The van der Waals surface area contributed by atoms with Gasteiger partial charge in [0.15, 0.2) is 0 Å². The van der Waals surface area contributed by atoms with Crippen molar-refractivity contribution in [2.45, 2.75) is 59.0 Å². The van der Waals surface area contributed by atoms with Crippen LogP contribution in [0.5, 0.6) is 11.5 Å². The molecule has 0 saturated heterocycles. The highest BCUT2D eigenvalue weighted by molar-refractivity contribution is 6.00. The van der Waals surface area contributed by atoms with Crippen LogP contribution < -0.4 is 4.74 Å². The summed E-state index contributed by atoms with van der Waals surface area (Å²) in [6.45, 7) is 7.08. The van der Waals surface area contributed by atoms with Gasteiger partial charge in [-0.2, -0.15) is 5.10 Å². The van der Waals surface area contributed by atoms with Crippen LogP contribution in [0.15, 0.2) is 59.2 Å². The normalized spacial score (nSPS) is 14.8. The number of nitrogens with one attached hydrogen (secondary N) is 1. The summed E-state index contributed by atoms with van der Waals surface area (Å²) in [4.78, 5) is 15.4. The summed E-state index contributed by atoms with van der Waals surface area (Å²) in [5, 5.41) is 18.3. The van der Waals surface area contributed by atoms with Gasteiger partial charge in [-0.05, 0) is 67.3 Å². The van der Waals surface area contributed by atoms with E-state index in [0.29, 0.717) is 35.9 Å². The van der Waals surface area contributed by atoms with Crippen LogP contribution in [-0.2, 0) is 6.54 Å². The Hall–Kier alpha value is -4.00. The van der Waals surface area contributed by atoms with E-state index in [4.69, 9.17) is 9.15 Å². The molecule has 1 atom stereocenters. The molecule has 7 nitrogen and oxygen atoms in total. The predicted molar refractivity (Wildman–Crippen MR) is 142 cm³/mol. The van der Waals surface area contributed by atoms with Crippen molar-refractivity contribution in [2.24, 2.45) is 0 Å². The standard InChI is InChI=1S/C30H33N3O4/c1-4-5-6-7-14-36-22-12-10-21(11-13-22)29-26-27(25-20(3)16-19(2)17-24(25)34)31-32-28(26)30(35)33(29)18-23-9-8-15-37-23/h8-13,15-17,29,34H,4-7,14,18H2,1-3H3,(H,31,32). The first-order valence-corrected chi connectivity index (χ1v) is 12.9. The fourth-order valence-electron chi connectivity index (χ4n) is 5.19. The molecule has 7 heteroatoms. The number of unbranched alkanes of at least 4 members (excludes halogenated alkanes) is 3. The van der Waals surface area contributed by atoms with Crippen LogP contribution in [0.3, 0.4) is 0 Å². The van der Waals surface area contributed by atoms with Gasteiger partial charge >= 0.3 is 0 Å². The van der Waals surface area contributed by atoms with E-state index >= 15 is 0 Å². The predicted octanol–water partition coefficient (Wildman–Crippen LogP) is 6.70. The molecule has 0 saturated carbocycles. The summed E-state index contributed by atoms with van der Waals surface area (Å²) in [7, 11) is 0. The number of nitrogens with zero attached hydrogens (tertiary/aromatic N) is 2. The maximum atomic E-state index is 13.6. The van der Waals surface area contributed by atoms with Gasteiger partial charge in [-0.3, -0.25) is 9.89 Å². The van der Waals surface area contributed by atoms with Crippen LogP contribution in [0.4, 0.5) is 0 Å². The van der Waals surface area contributed by atoms with E-state index < -0.39 is 6.04 Å². The highest BCUT2D eigenvalue weighted by Gasteiger charge is 2.43. The molecule has 4 aromatic rings. The third-order valence-corrected chi connectivity index (χ3v) is 6.93. The molecule has 1 amide bonds. The van der Waals surface area contributed by atoms with E-state index in [2.05, 4.69) is 17.1 Å². The number of aromatic hydroxyl groups is 1. The number of hydrogen-bond acceptors (Lipinski definition) is 5. The third kappa shape index (κ3) is 4.86. The lowest BCUT2D eigenvalue weighted by atomic mass is 9.93. The number of aromatic amines is 1. The Kier molecular flexibility index (Phi) is 7.04. The number of aromatic nitrogens is 2. The second-order valence-corrected chi connectivity index (χ2v) is 9.73. The van der Waals surface area contributed by atoms with Crippen molar-refractivity contribution < 1.29 is 19.1 Å². The minimum Gasteiger partial charge on any atom is -0.507 e. The first-order chi connectivity index (χ1) is 18.0. The van der Waals surface area contributed by atoms with E-state index in [0.717, 1.165) is 40.8 Å². The van der Waals surface area contributed by atoms with Crippen molar-refractivity contribution >= 4 is 5.91 Å². The summed E-state index contributed by atoms with van der Waals surface area (Å²) in [6, 6.07) is 14.9. The Bertz CT molecular complexity index is 1350. The molecule has 1 unspecified atom stereocenters. The molecule has 2 aromatic carbocycles. The average Bonchev–Trinajstić information content (AvgIpc) is 3.59. The lowest BCUT2D eigenvalue weighted by molar-refractivity contribution is 0.0717. The molecule has 37 heavy (non-hydrogen) atoms. The number of furan rings is 1. The summed E-state index contributed by atoms with van der Waals surface area (Å²) in [6.07, 6.45) is 6.22. The minimum atomic E-state index is -0.403. The molecule has 2 N–H and O–H groups in total. The van der Waals surface area contributed by atoms with Crippen LogP contribution in [-0.4, -0.2) is 32.7 Å². The number of amides is 1. The number of carbonyl (C=O) groups excluding carboxylic acids is 1. The zero-order valence-electron chi connectivity index (χ0n) is 21.6. The fourth-order valence-corrected chi connectivity index (χ4v) is 5.19. The molecule has 0 fully saturated rings. The molecule has 0 aliphatic carbocycles.